The van der Waals surface area contributed by atoms with E-state index in [1.54, 1.807) is 11.3 Å². The molecule has 0 bridgehead atoms. The zero-order valence-corrected chi connectivity index (χ0v) is 17.0. The molecule has 0 spiro atoms. The third kappa shape index (κ3) is 4.59. The average molecular weight is 386 g/mol. The summed E-state index contributed by atoms with van der Waals surface area (Å²) in [5.41, 5.74) is 4.35. The van der Waals surface area contributed by atoms with Gasteiger partial charge in [-0.05, 0) is 64.0 Å². The number of rotatable bonds is 5. The highest BCUT2D eigenvalue weighted by molar-refractivity contribution is 7.12. The van der Waals surface area contributed by atoms with E-state index in [9.17, 15) is 9.59 Å². The summed E-state index contributed by atoms with van der Waals surface area (Å²) in [6.45, 7) is 6.16. The van der Waals surface area contributed by atoms with Crippen LogP contribution in [0.4, 0.5) is 0 Å². The summed E-state index contributed by atoms with van der Waals surface area (Å²) in [4.78, 5) is 26.3. The molecule has 0 atom stereocenters. The van der Waals surface area contributed by atoms with Gasteiger partial charge in [-0.15, -0.1) is 11.3 Å². The second-order valence-electron chi connectivity index (χ2n) is 7.59. The SMILES string of the molecule is Cc1ccc(Cc2c(C)sc(C)c2C(=O)NC2CCC(C(=O)O)CC2)cc1. The Bertz CT molecular complexity index is 830. The molecule has 1 aliphatic carbocycles. The fourth-order valence-corrected chi connectivity index (χ4v) is 4.97. The second kappa shape index (κ2) is 8.26. The molecule has 0 unspecified atom stereocenters. The summed E-state index contributed by atoms with van der Waals surface area (Å²) >= 11 is 1.67. The van der Waals surface area contributed by atoms with Crippen LogP contribution < -0.4 is 5.32 Å². The van der Waals surface area contributed by atoms with E-state index in [0.717, 1.165) is 35.3 Å². The molecule has 0 radical (unpaired) electrons. The maximum atomic E-state index is 13.0. The van der Waals surface area contributed by atoms with E-state index in [2.05, 4.69) is 43.4 Å². The first-order valence-electron chi connectivity index (χ1n) is 9.53. The first-order valence-corrected chi connectivity index (χ1v) is 10.3. The minimum absolute atomic E-state index is 0.0160. The van der Waals surface area contributed by atoms with Crippen LogP contribution in [0.25, 0.3) is 0 Å². The van der Waals surface area contributed by atoms with Crippen molar-refractivity contribution in [2.75, 3.05) is 0 Å². The largest absolute Gasteiger partial charge is 0.481 e. The Hall–Kier alpha value is -2.14. The number of carboxylic acid groups (broad SMARTS) is 1. The lowest BCUT2D eigenvalue weighted by atomic mass is 9.86. The number of nitrogens with one attached hydrogen (secondary N) is 1. The average Bonchev–Trinajstić information content (AvgIpc) is 2.90. The number of carbonyl (C=O) groups is 2. The normalized spacial score (nSPS) is 19.7. The zero-order valence-electron chi connectivity index (χ0n) is 16.2. The molecular weight excluding hydrogens is 358 g/mol. The van der Waals surface area contributed by atoms with Gasteiger partial charge in [-0.3, -0.25) is 9.59 Å². The Kier molecular flexibility index (Phi) is 6.00. The molecule has 1 fully saturated rings. The van der Waals surface area contributed by atoms with Gasteiger partial charge in [0, 0.05) is 15.8 Å². The number of amides is 1. The van der Waals surface area contributed by atoms with Crippen LogP contribution in [0.5, 0.6) is 0 Å². The molecule has 1 aliphatic rings. The van der Waals surface area contributed by atoms with Crippen LogP contribution in [-0.4, -0.2) is 23.0 Å². The van der Waals surface area contributed by atoms with E-state index in [1.807, 2.05) is 6.92 Å². The van der Waals surface area contributed by atoms with Gasteiger partial charge in [-0.25, -0.2) is 0 Å². The van der Waals surface area contributed by atoms with Gasteiger partial charge < -0.3 is 10.4 Å². The summed E-state index contributed by atoms with van der Waals surface area (Å²) < 4.78 is 0. The Morgan fingerprint density at radius 1 is 1.04 bits per heavy atom. The summed E-state index contributed by atoms with van der Waals surface area (Å²) in [6.07, 6.45) is 3.50. The van der Waals surface area contributed by atoms with Crippen LogP contribution in [0.3, 0.4) is 0 Å². The van der Waals surface area contributed by atoms with Gasteiger partial charge in [-0.2, -0.15) is 0 Å². The molecule has 27 heavy (non-hydrogen) atoms. The predicted octanol–water partition coefficient (Wildman–Crippen LogP) is 4.64. The van der Waals surface area contributed by atoms with E-state index in [0.29, 0.717) is 12.8 Å². The van der Waals surface area contributed by atoms with E-state index >= 15 is 0 Å². The van der Waals surface area contributed by atoms with Crippen molar-refractivity contribution in [3.8, 4) is 0 Å². The first-order chi connectivity index (χ1) is 12.8. The molecule has 2 N–H and O–H groups in total. The highest BCUT2D eigenvalue weighted by atomic mass is 32.1. The number of hydrogen-bond acceptors (Lipinski definition) is 3. The van der Waals surface area contributed by atoms with E-state index in [-0.39, 0.29) is 17.9 Å². The van der Waals surface area contributed by atoms with Crippen molar-refractivity contribution in [1.82, 2.24) is 5.32 Å². The molecule has 2 aromatic rings. The van der Waals surface area contributed by atoms with Crippen molar-refractivity contribution in [3.63, 3.8) is 0 Å². The standard InChI is InChI=1S/C22H27NO3S/c1-13-4-6-16(7-5-13)12-19-14(2)27-15(3)20(19)21(24)23-18-10-8-17(9-11-18)22(25)26/h4-7,17-18H,8-12H2,1-3H3,(H,23,24)(H,25,26). The highest BCUT2D eigenvalue weighted by Gasteiger charge is 2.28. The third-order valence-corrected chi connectivity index (χ3v) is 6.59. The van der Waals surface area contributed by atoms with Crippen molar-refractivity contribution in [3.05, 3.63) is 56.3 Å². The summed E-state index contributed by atoms with van der Waals surface area (Å²) in [7, 11) is 0. The monoisotopic (exact) mass is 385 g/mol. The number of carboxylic acids is 1. The molecule has 1 heterocycles. The van der Waals surface area contributed by atoms with Crippen molar-refractivity contribution in [2.24, 2.45) is 5.92 Å². The van der Waals surface area contributed by atoms with Gasteiger partial charge in [0.1, 0.15) is 0 Å². The Morgan fingerprint density at radius 2 is 1.67 bits per heavy atom. The van der Waals surface area contributed by atoms with Crippen molar-refractivity contribution >= 4 is 23.2 Å². The number of hydrogen-bond donors (Lipinski definition) is 2. The fraction of sp³-hybridized carbons (Fsp3) is 0.455. The maximum absolute atomic E-state index is 13.0. The van der Waals surface area contributed by atoms with E-state index in [4.69, 9.17) is 5.11 Å². The van der Waals surface area contributed by atoms with Crippen LogP contribution in [0.1, 0.15) is 62.5 Å². The van der Waals surface area contributed by atoms with Crippen molar-refractivity contribution in [1.29, 1.82) is 0 Å². The van der Waals surface area contributed by atoms with Crippen LogP contribution in [0.15, 0.2) is 24.3 Å². The van der Waals surface area contributed by atoms with Crippen LogP contribution in [-0.2, 0) is 11.2 Å². The van der Waals surface area contributed by atoms with Crippen molar-refractivity contribution < 1.29 is 14.7 Å². The molecule has 5 heteroatoms. The molecule has 1 aromatic heterocycles. The Morgan fingerprint density at radius 3 is 2.26 bits per heavy atom. The van der Waals surface area contributed by atoms with Gasteiger partial charge in [0.05, 0.1) is 11.5 Å². The molecule has 3 rings (SSSR count). The second-order valence-corrected chi connectivity index (χ2v) is 9.02. The van der Waals surface area contributed by atoms with E-state index in [1.165, 1.54) is 16.0 Å². The lowest BCUT2D eigenvalue weighted by Gasteiger charge is -2.27. The number of benzene rings is 1. The number of aliphatic carboxylic acids is 1. The molecule has 144 valence electrons. The summed E-state index contributed by atoms with van der Waals surface area (Å²) in [5, 5.41) is 12.3. The Labute approximate surface area is 164 Å². The highest BCUT2D eigenvalue weighted by Crippen LogP contribution is 2.31. The van der Waals surface area contributed by atoms with Crippen LogP contribution >= 0.6 is 11.3 Å². The summed E-state index contributed by atoms with van der Waals surface area (Å²) in [6, 6.07) is 8.52. The van der Waals surface area contributed by atoms with Crippen LogP contribution in [0.2, 0.25) is 0 Å². The lowest BCUT2D eigenvalue weighted by molar-refractivity contribution is -0.142. The minimum atomic E-state index is -0.718. The fourth-order valence-electron chi connectivity index (χ4n) is 3.89. The molecule has 0 aliphatic heterocycles. The topological polar surface area (TPSA) is 66.4 Å². The maximum Gasteiger partial charge on any atom is 0.306 e. The Balaban J connectivity index is 1.73. The molecule has 1 amide bonds. The number of aryl methyl sites for hydroxylation is 3. The van der Waals surface area contributed by atoms with Crippen molar-refractivity contribution in [2.45, 2.75) is 58.9 Å². The van der Waals surface area contributed by atoms with Gasteiger partial charge in [0.2, 0.25) is 0 Å². The molecule has 1 saturated carbocycles. The smallest absolute Gasteiger partial charge is 0.306 e. The first kappa shape index (κ1) is 19.6. The molecule has 4 nitrogen and oxygen atoms in total. The molecule has 0 saturated heterocycles. The number of carbonyl (C=O) groups excluding carboxylic acids is 1. The quantitative estimate of drug-likeness (QED) is 0.788. The van der Waals surface area contributed by atoms with Gasteiger partial charge >= 0.3 is 5.97 Å². The van der Waals surface area contributed by atoms with Gasteiger partial charge in [0.15, 0.2) is 0 Å². The third-order valence-electron chi connectivity index (χ3n) is 5.53. The molecule has 1 aromatic carbocycles. The van der Waals surface area contributed by atoms with Gasteiger partial charge in [0.25, 0.3) is 5.91 Å². The summed E-state index contributed by atoms with van der Waals surface area (Å²) in [5.74, 6) is -0.998. The number of thiophene rings is 1. The van der Waals surface area contributed by atoms with Crippen LogP contribution in [0, 0.1) is 26.7 Å². The molecular formula is C22H27NO3S. The lowest BCUT2D eigenvalue weighted by Crippen LogP contribution is -2.39. The minimum Gasteiger partial charge on any atom is -0.481 e. The zero-order chi connectivity index (χ0) is 19.6. The van der Waals surface area contributed by atoms with Gasteiger partial charge in [-0.1, -0.05) is 29.8 Å². The van der Waals surface area contributed by atoms with E-state index < -0.39 is 5.97 Å². The predicted molar refractivity (Wildman–Crippen MR) is 109 cm³/mol.